The summed E-state index contributed by atoms with van der Waals surface area (Å²) in [4.78, 5) is 12.3. The lowest BCUT2D eigenvalue weighted by atomic mass is 10.1. The molecule has 0 aromatic heterocycles. The summed E-state index contributed by atoms with van der Waals surface area (Å²) in [7, 11) is 2.21. The van der Waals surface area contributed by atoms with Crippen molar-refractivity contribution in [2.45, 2.75) is 45.6 Å². The SMILES string of the molecule is CCNC(=NCCCCN1CCN(C)CC1)N1CCC(OCC)CC1. The molecular weight excluding hydrogens is 314 g/mol. The first-order valence-electron chi connectivity index (χ1n) is 10.3. The molecule has 2 aliphatic heterocycles. The number of likely N-dealkylation sites (N-methyl/N-ethyl adjacent to an activating group) is 1. The Morgan fingerprint density at radius 1 is 1.04 bits per heavy atom. The number of ether oxygens (including phenoxy) is 1. The molecule has 2 heterocycles. The Morgan fingerprint density at radius 2 is 1.76 bits per heavy atom. The molecule has 0 aliphatic carbocycles. The highest BCUT2D eigenvalue weighted by Gasteiger charge is 2.21. The van der Waals surface area contributed by atoms with Gasteiger partial charge in [0.15, 0.2) is 5.96 Å². The van der Waals surface area contributed by atoms with E-state index in [0.717, 1.165) is 51.6 Å². The molecule has 0 amide bonds. The van der Waals surface area contributed by atoms with E-state index in [4.69, 9.17) is 9.73 Å². The predicted molar refractivity (Wildman–Crippen MR) is 105 cm³/mol. The van der Waals surface area contributed by atoms with Gasteiger partial charge >= 0.3 is 0 Å². The van der Waals surface area contributed by atoms with Crippen LogP contribution in [0.5, 0.6) is 0 Å². The van der Waals surface area contributed by atoms with Gasteiger partial charge in [-0.05, 0) is 53.1 Å². The zero-order valence-corrected chi connectivity index (χ0v) is 16.7. The van der Waals surface area contributed by atoms with Crippen molar-refractivity contribution in [1.82, 2.24) is 20.0 Å². The largest absolute Gasteiger partial charge is 0.378 e. The van der Waals surface area contributed by atoms with Gasteiger partial charge in [-0.2, -0.15) is 0 Å². The van der Waals surface area contributed by atoms with Crippen molar-refractivity contribution in [1.29, 1.82) is 0 Å². The minimum absolute atomic E-state index is 0.438. The minimum atomic E-state index is 0.438. The molecule has 2 fully saturated rings. The maximum Gasteiger partial charge on any atom is 0.193 e. The third-order valence-corrected chi connectivity index (χ3v) is 5.22. The molecule has 0 saturated carbocycles. The van der Waals surface area contributed by atoms with Crippen LogP contribution >= 0.6 is 0 Å². The third-order valence-electron chi connectivity index (χ3n) is 5.22. The van der Waals surface area contributed by atoms with Crippen LogP contribution in [0.3, 0.4) is 0 Å². The van der Waals surface area contributed by atoms with Crippen molar-refractivity contribution >= 4 is 5.96 Å². The zero-order valence-electron chi connectivity index (χ0n) is 16.7. The Kier molecular flexibility index (Phi) is 9.58. The molecular formula is C19H39N5O. The number of hydrogen-bond donors (Lipinski definition) is 1. The summed E-state index contributed by atoms with van der Waals surface area (Å²) in [6, 6.07) is 0. The molecule has 2 saturated heterocycles. The summed E-state index contributed by atoms with van der Waals surface area (Å²) < 4.78 is 5.75. The van der Waals surface area contributed by atoms with E-state index < -0.39 is 0 Å². The molecule has 0 atom stereocenters. The van der Waals surface area contributed by atoms with Crippen LogP contribution in [0.4, 0.5) is 0 Å². The van der Waals surface area contributed by atoms with E-state index in [1.54, 1.807) is 0 Å². The van der Waals surface area contributed by atoms with Gasteiger partial charge in [0.25, 0.3) is 0 Å². The van der Waals surface area contributed by atoms with E-state index >= 15 is 0 Å². The summed E-state index contributed by atoms with van der Waals surface area (Å²) in [6.45, 7) is 15.1. The van der Waals surface area contributed by atoms with Gasteiger partial charge in [-0.15, -0.1) is 0 Å². The van der Waals surface area contributed by atoms with Crippen LogP contribution in [0.25, 0.3) is 0 Å². The Hall–Kier alpha value is -0.850. The van der Waals surface area contributed by atoms with Gasteiger partial charge in [0, 0.05) is 59.0 Å². The molecule has 25 heavy (non-hydrogen) atoms. The van der Waals surface area contributed by atoms with Gasteiger partial charge in [-0.1, -0.05) is 0 Å². The molecule has 0 aromatic rings. The Morgan fingerprint density at radius 3 is 2.40 bits per heavy atom. The van der Waals surface area contributed by atoms with Gasteiger partial charge in [0.1, 0.15) is 0 Å². The van der Waals surface area contributed by atoms with Crippen LogP contribution in [0.15, 0.2) is 4.99 Å². The topological polar surface area (TPSA) is 43.3 Å². The fourth-order valence-electron chi connectivity index (χ4n) is 3.60. The normalized spacial score (nSPS) is 21.7. The lowest BCUT2D eigenvalue weighted by Gasteiger charge is -2.34. The van der Waals surface area contributed by atoms with Gasteiger partial charge in [0.05, 0.1) is 6.10 Å². The highest BCUT2D eigenvalue weighted by Crippen LogP contribution is 2.13. The van der Waals surface area contributed by atoms with Crippen LogP contribution in [0.2, 0.25) is 0 Å². The third kappa shape index (κ3) is 7.50. The second-order valence-corrected chi connectivity index (χ2v) is 7.23. The number of rotatable bonds is 8. The van der Waals surface area contributed by atoms with E-state index in [2.05, 4.69) is 40.9 Å². The zero-order chi connectivity index (χ0) is 17.9. The van der Waals surface area contributed by atoms with Gasteiger partial charge < -0.3 is 24.8 Å². The molecule has 6 nitrogen and oxygen atoms in total. The molecule has 0 unspecified atom stereocenters. The lowest BCUT2D eigenvalue weighted by molar-refractivity contribution is 0.0264. The molecule has 0 bridgehead atoms. The first kappa shape index (κ1) is 20.5. The monoisotopic (exact) mass is 353 g/mol. The van der Waals surface area contributed by atoms with E-state index in [9.17, 15) is 0 Å². The van der Waals surface area contributed by atoms with E-state index in [0.29, 0.717) is 6.10 Å². The van der Waals surface area contributed by atoms with Crippen molar-refractivity contribution in [3.05, 3.63) is 0 Å². The van der Waals surface area contributed by atoms with Crippen molar-refractivity contribution in [3.63, 3.8) is 0 Å². The number of piperidine rings is 1. The number of unbranched alkanes of at least 4 members (excludes halogenated alkanes) is 1. The molecule has 146 valence electrons. The highest BCUT2D eigenvalue weighted by atomic mass is 16.5. The highest BCUT2D eigenvalue weighted by molar-refractivity contribution is 5.80. The summed E-state index contributed by atoms with van der Waals surface area (Å²) in [5.41, 5.74) is 0. The fraction of sp³-hybridized carbons (Fsp3) is 0.947. The van der Waals surface area contributed by atoms with Crippen molar-refractivity contribution in [3.8, 4) is 0 Å². The fourth-order valence-corrected chi connectivity index (χ4v) is 3.60. The lowest BCUT2D eigenvalue weighted by Crippen LogP contribution is -2.47. The smallest absolute Gasteiger partial charge is 0.193 e. The van der Waals surface area contributed by atoms with Crippen molar-refractivity contribution < 1.29 is 4.74 Å². The van der Waals surface area contributed by atoms with Crippen LogP contribution < -0.4 is 5.32 Å². The van der Waals surface area contributed by atoms with E-state index in [1.165, 1.54) is 45.6 Å². The Balaban J connectivity index is 1.65. The standard InChI is InChI=1S/C19H39N5O/c1-4-20-19(24-12-8-18(9-13-24)25-5-2)21-10-6-7-11-23-16-14-22(3)15-17-23/h18H,4-17H2,1-3H3,(H,20,21). The number of aliphatic imine (C=N–C) groups is 1. The molecule has 0 spiro atoms. The first-order valence-corrected chi connectivity index (χ1v) is 10.3. The van der Waals surface area contributed by atoms with Crippen LogP contribution in [0, 0.1) is 0 Å². The summed E-state index contributed by atoms with van der Waals surface area (Å²) in [5, 5.41) is 3.46. The average molecular weight is 354 g/mol. The van der Waals surface area contributed by atoms with E-state index in [-0.39, 0.29) is 0 Å². The number of piperazine rings is 1. The molecule has 2 rings (SSSR count). The molecule has 0 aromatic carbocycles. The van der Waals surface area contributed by atoms with Gasteiger partial charge in [0.2, 0.25) is 0 Å². The molecule has 2 aliphatic rings. The summed E-state index contributed by atoms with van der Waals surface area (Å²) >= 11 is 0. The molecule has 1 N–H and O–H groups in total. The van der Waals surface area contributed by atoms with Crippen LogP contribution in [-0.4, -0.2) is 99.3 Å². The number of likely N-dealkylation sites (tertiary alicyclic amines) is 1. The second kappa shape index (κ2) is 11.7. The van der Waals surface area contributed by atoms with Crippen LogP contribution in [0.1, 0.15) is 39.5 Å². The second-order valence-electron chi connectivity index (χ2n) is 7.23. The van der Waals surface area contributed by atoms with Crippen molar-refractivity contribution in [2.24, 2.45) is 4.99 Å². The minimum Gasteiger partial charge on any atom is -0.378 e. The average Bonchev–Trinajstić information content (AvgIpc) is 2.63. The van der Waals surface area contributed by atoms with E-state index in [1.807, 2.05) is 0 Å². The van der Waals surface area contributed by atoms with Crippen LogP contribution in [-0.2, 0) is 4.74 Å². The van der Waals surface area contributed by atoms with Gasteiger partial charge in [-0.3, -0.25) is 4.99 Å². The van der Waals surface area contributed by atoms with Crippen molar-refractivity contribution in [2.75, 3.05) is 72.6 Å². The summed E-state index contributed by atoms with van der Waals surface area (Å²) in [5.74, 6) is 1.09. The number of hydrogen-bond acceptors (Lipinski definition) is 4. The predicted octanol–water partition coefficient (Wildman–Crippen LogP) is 1.48. The number of nitrogens with one attached hydrogen (secondary N) is 1. The quantitative estimate of drug-likeness (QED) is 0.407. The molecule has 6 heteroatoms. The number of guanidine groups is 1. The Labute approximate surface area is 154 Å². The summed E-state index contributed by atoms with van der Waals surface area (Å²) in [6.07, 6.45) is 5.09. The van der Waals surface area contributed by atoms with Gasteiger partial charge in [-0.25, -0.2) is 0 Å². The maximum absolute atomic E-state index is 5.75. The first-order chi connectivity index (χ1) is 12.2. The molecule has 0 radical (unpaired) electrons. The Bertz CT molecular complexity index is 374. The number of nitrogens with zero attached hydrogens (tertiary/aromatic N) is 4. The maximum atomic E-state index is 5.75.